The molecule has 0 bridgehead atoms. The van der Waals surface area contributed by atoms with Crippen LogP contribution in [0, 0.1) is 0 Å². The first-order chi connectivity index (χ1) is 13.9. The molecule has 4 aliphatic rings. The highest BCUT2D eigenvalue weighted by atomic mass is 16.8. The highest BCUT2D eigenvalue weighted by molar-refractivity contribution is 5.66. The molecule has 3 unspecified atom stereocenters. The zero-order valence-electron chi connectivity index (χ0n) is 16.6. The van der Waals surface area contributed by atoms with Crippen molar-refractivity contribution in [1.29, 1.82) is 0 Å². The topological polar surface area (TPSA) is 182 Å². The van der Waals surface area contributed by atoms with E-state index in [-0.39, 0.29) is 12.7 Å². The molecule has 170 valence electrons. The minimum atomic E-state index is -2.09. The molecule has 0 radical (unpaired) electrons. The van der Waals surface area contributed by atoms with Crippen molar-refractivity contribution in [3.05, 3.63) is 0 Å². The first-order valence-electron chi connectivity index (χ1n) is 9.56. The number of carboxylic acid groups (broad SMARTS) is 2. The maximum atomic E-state index is 11.7. The average molecular weight is 434 g/mol. The molecule has 13 heteroatoms. The first kappa shape index (κ1) is 21.5. The molecular formula is C17H26N2O11. The van der Waals surface area contributed by atoms with E-state index in [0.717, 1.165) is 11.9 Å². The van der Waals surface area contributed by atoms with Gasteiger partial charge in [-0.25, -0.2) is 9.59 Å². The van der Waals surface area contributed by atoms with E-state index < -0.39 is 66.4 Å². The fourth-order valence-corrected chi connectivity index (χ4v) is 4.86. The summed E-state index contributed by atoms with van der Waals surface area (Å²) in [5, 5.41) is 51.9. The quantitative estimate of drug-likeness (QED) is 0.305. The predicted octanol–water partition coefficient (Wildman–Crippen LogP) is -1.94. The number of nitrogens with zero attached hydrogens (tertiary/aromatic N) is 2. The summed E-state index contributed by atoms with van der Waals surface area (Å²) in [6, 6.07) is -2.78. The Morgan fingerprint density at radius 2 is 1.53 bits per heavy atom. The highest BCUT2D eigenvalue weighted by Crippen LogP contribution is 2.54. The lowest BCUT2D eigenvalue weighted by atomic mass is 9.78. The minimum absolute atomic E-state index is 0.170. The van der Waals surface area contributed by atoms with Gasteiger partial charge in [-0.15, -0.1) is 0 Å². The summed E-state index contributed by atoms with van der Waals surface area (Å²) >= 11 is 0. The summed E-state index contributed by atoms with van der Waals surface area (Å²) in [5.41, 5.74) is -1.11. The molecule has 5 N–H and O–H groups in total. The van der Waals surface area contributed by atoms with E-state index >= 15 is 0 Å². The van der Waals surface area contributed by atoms with Crippen molar-refractivity contribution in [1.82, 2.24) is 9.80 Å². The molecule has 0 aromatic carbocycles. The third-order valence-corrected chi connectivity index (χ3v) is 6.58. The van der Waals surface area contributed by atoms with Gasteiger partial charge in [0.1, 0.15) is 24.4 Å². The largest absolute Gasteiger partial charge is 0.465 e. The van der Waals surface area contributed by atoms with Crippen LogP contribution in [0.4, 0.5) is 9.59 Å². The number of amides is 2. The molecule has 1 saturated carbocycles. The fraction of sp³-hybridized carbons (Fsp3) is 0.882. The van der Waals surface area contributed by atoms with Crippen LogP contribution in [0.5, 0.6) is 0 Å². The predicted molar refractivity (Wildman–Crippen MR) is 93.5 cm³/mol. The normalized spacial score (nSPS) is 49.7. The van der Waals surface area contributed by atoms with Gasteiger partial charge in [0.15, 0.2) is 5.60 Å². The molecule has 0 aromatic rings. The second-order valence-electron chi connectivity index (χ2n) is 8.39. The maximum Gasteiger partial charge on any atom is 0.407 e. The zero-order chi connectivity index (χ0) is 22.2. The summed E-state index contributed by atoms with van der Waals surface area (Å²) in [5.74, 6) is -2.09. The second-order valence-corrected chi connectivity index (χ2v) is 8.39. The van der Waals surface area contributed by atoms with E-state index in [4.69, 9.17) is 18.9 Å². The van der Waals surface area contributed by atoms with Crippen LogP contribution >= 0.6 is 0 Å². The molecular weight excluding hydrogens is 408 g/mol. The molecule has 3 saturated heterocycles. The summed E-state index contributed by atoms with van der Waals surface area (Å²) in [6.07, 6.45) is -10.2. The Labute approximate surface area is 171 Å². The number of carbonyl (C=O) groups is 2. The van der Waals surface area contributed by atoms with E-state index in [0.29, 0.717) is 11.3 Å². The summed E-state index contributed by atoms with van der Waals surface area (Å²) in [6.45, 7) is 1.92. The van der Waals surface area contributed by atoms with Gasteiger partial charge in [0, 0.05) is 20.5 Å². The molecule has 2 amide bonds. The van der Waals surface area contributed by atoms with Crippen molar-refractivity contribution in [2.24, 2.45) is 0 Å². The summed E-state index contributed by atoms with van der Waals surface area (Å²) in [4.78, 5) is 24.6. The van der Waals surface area contributed by atoms with Crippen LogP contribution in [0.25, 0.3) is 0 Å². The van der Waals surface area contributed by atoms with Gasteiger partial charge < -0.3 is 54.3 Å². The van der Waals surface area contributed by atoms with Crippen molar-refractivity contribution in [3.63, 3.8) is 0 Å². The van der Waals surface area contributed by atoms with E-state index in [1.807, 2.05) is 0 Å². The molecule has 1 aliphatic carbocycles. The molecule has 3 aliphatic heterocycles. The summed E-state index contributed by atoms with van der Waals surface area (Å²) < 4.78 is 22.9. The van der Waals surface area contributed by atoms with E-state index in [1.54, 1.807) is 6.92 Å². The van der Waals surface area contributed by atoms with Gasteiger partial charge in [0.25, 0.3) is 5.79 Å². The van der Waals surface area contributed by atoms with Crippen molar-refractivity contribution in [3.8, 4) is 0 Å². The van der Waals surface area contributed by atoms with Crippen LogP contribution in [0.3, 0.4) is 0 Å². The number of fused-ring (bicyclic) bond motifs is 3. The molecule has 13 nitrogen and oxygen atoms in total. The molecule has 0 aromatic heterocycles. The third-order valence-electron chi connectivity index (χ3n) is 6.58. The van der Waals surface area contributed by atoms with Crippen molar-refractivity contribution < 1.29 is 54.1 Å². The number of ether oxygens (including phenoxy) is 4. The van der Waals surface area contributed by atoms with Crippen molar-refractivity contribution in [2.45, 2.75) is 73.6 Å². The monoisotopic (exact) mass is 434 g/mol. The Balaban J connectivity index is 1.74. The van der Waals surface area contributed by atoms with E-state index in [9.17, 15) is 35.1 Å². The van der Waals surface area contributed by atoms with Gasteiger partial charge in [0.05, 0.1) is 24.8 Å². The number of aliphatic hydroxyl groups is 3. The lowest BCUT2D eigenvalue weighted by molar-refractivity contribution is -0.461. The van der Waals surface area contributed by atoms with Crippen molar-refractivity contribution in [2.75, 3.05) is 20.7 Å². The van der Waals surface area contributed by atoms with Crippen LogP contribution in [0.2, 0.25) is 0 Å². The average Bonchev–Trinajstić information content (AvgIpc) is 3.42. The smallest absolute Gasteiger partial charge is 0.407 e. The molecule has 30 heavy (non-hydrogen) atoms. The van der Waals surface area contributed by atoms with Gasteiger partial charge in [-0.3, -0.25) is 0 Å². The standard InChI is InChI=1S/C17H26N2O11/c1-6-4-16(5-27-16)17(26)13(28-6)29-12-10(21)7(18(2)14(22)23)9(20)8(11(12)30-17)19(3)15(24)25/h6-13,20-21,26H,4-5H2,1-3H3,(H,22,23)(H,24,25)/t6-,7-,8+,9+,10+,11?,12?,13?,16-,17-/m1/s1. The van der Waals surface area contributed by atoms with Gasteiger partial charge in [0.2, 0.25) is 6.29 Å². The zero-order valence-corrected chi connectivity index (χ0v) is 16.6. The summed E-state index contributed by atoms with van der Waals surface area (Å²) in [7, 11) is 2.31. The Morgan fingerprint density at radius 3 is 2.07 bits per heavy atom. The van der Waals surface area contributed by atoms with Crippen LogP contribution in [-0.4, -0.2) is 129 Å². The number of likely N-dealkylation sites (N-methyl/N-ethyl adjacent to an activating group) is 2. The lowest BCUT2D eigenvalue weighted by Crippen LogP contribution is -2.79. The number of epoxide rings is 1. The van der Waals surface area contributed by atoms with Gasteiger partial charge in [-0.2, -0.15) is 0 Å². The first-order valence-corrected chi connectivity index (χ1v) is 9.56. The van der Waals surface area contributed by atoms with Crippen LogP contribution in [0.15, 0.2) is 0 Å². The highest BCUT2D eigenvalue weighted by Gasteiger charge is 2.75. The third kappa shape index (κ3) is 2.88. The molecule has 10 atom stereocenters. The Bertz CT molecular complexity index is 732. The minimum Gasteiger partial charge on any atom is -0.465 e. The van der Waals surface area contributed by atoms with E-state index in [2.05, 4.69) is 0 Å². The van der Waals surface area contributed by atoms with Crippen LogP contribution in [-0.2, 0) is 18.9 Å². The van der Waals surface area contributed by atoms with Crippen LogP contribution in [0.1, 0.15) is 13.3 Å². The molecule has 4 fully saturated rings. The van der Waals surface area contributed by atoms with Gasteiger partial charge in [-0.05, 0) is 6.92 Å². The van der Waals surface area contributed by atoms with Crippen LogP contribution < -0.4 is 0 Å². The van der Waals surface area contributed by atoms with Crippen molar-refractivity contribution >= 4 is 12.2 Å². The van der Waals surface area contributed by atoms with Gasteiger partial charge >= 0.3 is 12.2 Å². The molecule has 1 spiro atoms. The number of hydrogen-bond acceptors (Lipinski definition) is 9. The lowest BCUT2D eigenvalue weighted by Gasteiger charge is -2.58. The van der Waals surface area contributed by atoms with E-state index in [1.165, 1.54) is 7.05 Å². The SMILES string of the molecule is C[C@@H]1C[C@@]2(CO2)[C@]2(O)OC3C(OC2O1)[C@@H](O)[C@H](N(C)C(=O)O)[C@H](O)[C@@H]3N(C)C(=O)O. The Hall–Kier alpha value is -1.74. The fourth-order valence-electron chi connectivity index (χ4n) is 4.86. The number of rotatable bonds is 2. The molecule has 3 heterocycles. The Morgan fingerprint density at radius 1 is 0.967 bits per heavy atom. The molecule has 4 rings (SSSR count). The Kier molecular flexibility index (Phi) is 4.93. The maximum absolute atomic E-state index is 11.7. The second kappa shape index (κ2) is 6.88. The number of aliphatic hydroxyl groups excluding tert-OH is 2. The number of hydrogen-bond donors (Lipinski definition) is 5. The van der Waals surface area contributed by atoms with Gasteiger partial charge in [-0.1, -0.05) is 0 Å².